The molecule has 1 aliphatic carbocycles. The SMILES string of the molecule is COc1cc(F)cc(-c2ccnc3nc(-c4[nH]nc5ncc(-c6cncc(OC7CCCCC7)c6)cc45)[nH]c23)c1. The molecule has 200 valence electrons. The second-order valence-electron chi connectivity index (χ2n) is 10.0. The van der Waals surface area contributed by atoms with E-state index in [4.69, 9.17) is 14.5 Å². The largest absolute Gasteiger partial charge is 0.497 e. The fraction of sp³-hybridized carbons (Fsp3) is 0.233. The van der Waals surface area contributed by atoms with Gasteiger partial charge < -0.3 is 14.5 Å². The number of nitrogens with zero attached hydrogens (tertiary/aromatic N) is 5. The number of aromatic amines is 2. The molecule has 0 amide bonds. The molecule has 0 radical (unpaired) electrons. The van der Waals surface area contributed by atoms with Crippen LogP contribution < -0.4 is 9.47 Å². The Morgan fingerprint density at radius 3 is 2.60 bits per heavy atom. The van der Waals surface area contributed by atoms with Gasteiger partial charge >= 0.3 is 0 Å². The van der Waals surface area contributed by atoms with E-state index in [9.17, 15) is 4.39 Å². The zero-order valence-corrected chi connectivity index (χ0v) is 21.8. The van der Waals surface area contributed by atoms with E-state index < -0.39 is 0 Å². The van der Waals surface area contributed by atoms with Crippen LogP contribution in [0, 0.1) is 5.82 Å². The van der Waals surface area contributed by atoms with Crippen molar-refractivity contribution in [1.82, 2.24) is 35.1 Å². The van der Waals surface area contributed by atoms with E-state index in [1.807, 2.05) is 18.2 Å². The molecular weight excluding hydrogens is 509 g/mol. The zero-order chi connectivity index (χ0) is 27.1. The predicted octanol–water partition coefficient (Wildman–Crippen LogP) is 6.48. The number of H-pyrrole nitrogens is 2. The number of ether oxygens (including phenoxy) is 2. The number of fused-ring (bicyclic) bond motifs is 2. The fourth-order valence-corrected chi connectivity index (χ4v) is 5.36. The highest BCUT2D eigenvalue weighted by Crippen LogP contribution is 2.34. The van der Waals surface area contributed by atoms with Gasteiger partial charge in [0.05, 0.1) is 30.3 Å². The Kier molecular flexibility index (Phi) is 6.07. The molecule has 1 aromatic carbocycles. The highest BCUT2D eigenvalue weighted by molar-refractivity contribution is 5.96. The number of imidazole rings is 1. The van der Waals surface area contributed by atoms with E-state index >= 15 is 0 Å². The summed E-state index contributed by atoms with van der Waals surface area (Å²) in [6.07, 6.45) is 13.1. The highest BCUT2D eigenvalue weighted by atomic mass is 19.1. The zero-order valence-electron chi connectivity index (χ0n) is 21.8. The van der Waals surface area contributed by atoms with Crippen molar-refractivity contribution in [3.8, 4) is 45.3 Å². The molecule has 40 heavy (non-hydrogen) atoms. The average Bonchev–Trinajstić information content (AvgIpc) is 3.61. The van der Waals surface area contributed by atoms with Crippen molar-refractivity contribution in [2.45, 2.75) is 38.2 Å². The summed E-state index contributed by atoms with van der Waals surface area (Å²) in [5, 5.41) is 8.25. The van der Waals surface area contributed by atoms with Crippen molar-refractivity contribution in [3.63, 3.8) is 0 Å². The summed E-state index contributed by atoms with van der Waals surface area (Å²) in [5.41, 5.74) is 5.61. The first kappa shape index (κ1) is 24.2. The molecule has 6 aromatic rings. The molecule has 0 aliphatic heterocycles. The van der Waals surface area contributed by atoms with Crippen LogP contribution in [0.15, 0.2) is 61.2 Å². The van der Waals surface area contributed by atoms with E-state index in [0.717, 1.165) is 40.7 Å². The van der Waals surface area contributed by atoms with Gasteiger partial charge in [-0.05, 0) is 61.6 Å². The average molecular weight is 536 g/mol. The van der Waals surface area contributed by atoms with Gasteiger partial charge in [-0.2, -0.15) is 5.10 Å². The molecule has 0 bridgehead atoms. The van der Waals surface area contributed by atoms with Crippen LogP contribution in [0.5, 0.6) is 11.5 Å². The summed E-state index contributed by atoms with van der Waals surface area (Å²) in [6.45, 7) is 0. The number of hydrogen-bond donors (Lipinski definition) is 2. The number of rotatable bonds is 6. The van der Waals surface area contributed by atoms with Crippen LogP contribution in [0.2, 0.25) is 0 Å². The molecule has 0 saturated heterocycles. The molecule has 1 aliphatic rings. The third-order valence-corrected chi connectivity index (χ3v) is 7.36. The lowest BCUT2D eigenvalue weighted by molar-refractivity contribution is 0.154. The van der Waals surface area contributed by atoms with Crippen LogP contribution in [-0.2, 0) is 0 Å². The number of halogens is 1. The summed E-state index contributed by atoms with van der Waals surface area (Å²) in [6, 6.07) is 10.4. The molecule has 1 fully saturated rings. The molecular formula is C30H26FN7O2. The first-order chi connectivity index (χ1) is 19.6. The summed E-state index contributed by atoms with van der Waals surface area (Å²) in [7, 11) is 1.51. The monoisotopic (exact) mass is 535 g/mol. The number of nitrogens with one attached hydrogen (secondary N) is 2. The topological polar surface area (TPSA) is 114 Å². The van der Waals surface area contributed by atoms with E-state index in [1.54, 1.807) is 30.9 Å². The third kappa shape index (κ3) is 4.51. The Labute approximate surface area is 228 Å². The Balaban J connectivity index is 1.26. The van der Waals surface area contributed by atoms with E-state index in [0.29, 0.717) is 39.6 Å². The molecule has 0 unspecified atom stereocenters. The van der Waals surface area contributed by atoms with Crippen molar-refractivity contribution >= 4 is 22.2 Å². The van der Waals surface area contributed by atoms with Crippen molar-refractivity contribution in [3.05, 3.63) is 67.0 Å². The van der Waals surface area contributed by atoms with Gasteiger partial charge in [-0.3, -0.25) is 10.1 Å². The summed E-state index contributed by atoms with van der Waals surface area (Å²) < 4.78 is 25.8. The van der Waals surface area contributed by atoms with E-state index in [1.165, 1.54) is 38.5 Å². The first-order valence-corrected chi connectivity index (χ1v) is 13.3. The Hall–Kier alpha value is -4.86. The Morgan fingerprint density at radius 1 is 0.875 bits per heavy atom. The Morgan fingerprint density at radius 2 is 1.73 bits per heavy atom. The van der Waals surface area contributed by atoms with Gasteiger partial charge in [0.1, 0.15) is 23.0 Å². The van der Waals surface area contributed by atoms with Gasteiger partial charge in [0.2, 0.25) is 0 Å². The molecule has 5 heterocycles. The number of benzene rings is 1. The van der Waals surface area contributed by atoms with E-state index in [2.05, 4.69) is 30.1 Å². The molecule has 5 aromatic heterocycles. The summed E-state index contributed by atoms with van der Waals surface area (Å²) in [4.78, 5) is 21.5. The number of hydrogen-bond acceptors (Lipinski definition) is 7. The standard InChI is InChI=1S/C30H26FN7O2/c1-39-22-10-17(9-20(31)13-22)24-7-8-33-29-26(24)35-30(36-29)27-25-12-19(15-34-28(25)38-37-27)18-11-23(16-32-14-18)40-21-5-3-2-4-6-21/h7-16,21H,2-6H2,1H3,(H,33,35,36)(H,34,37,38). The second-order valence-corrected chi connectivity index (χ2v) is 10.0. The molecule has 10 heteroatoms. The number of pyridine rings is 3. The van der Waals surface area contributed by atoms with Crippen LogP contribution in [0.4, 0.5) is 4.39 Å². The van der Waals surface area contributed by atoms with Gasteiger partial charge in [-0.25, -0.2) is 19.3 Å². The van der Waals surface area contributed by atoms with E-state index in [-0.39, 0.29) is 11.9 Å². The van der Waals surface area contributed by atoms with Crippen LogP contribution in [-0.4, -0.2) is 48.3 Å². The highest BCUT2D eigenvalue weighted by Gasteiger charge is 2.18. The summed E-state index contributed by atoms with van der Waals surface area (Å²) in [5.74, 6) is 1.36. The molecule has 9 nitrogen and oxygen atoms in total. The lowest BCUT2D eigenvalue weighted by atomic mass is 9.98. The van der Waals surface area contributed by atoms with Gasteiger partial charge in [-0.15, -0.1) is 0 Å². The lowest BCUT2D eigenvalue weighted by Gasteiger charge is -2.23. The van der Waals surface area contributed by atoms with Gasteiger partial charge in [0, 0.05) is 41.3 Å². The van der Waals surface area contributed by atoms with Gasteiger partial charge in [0.25, 0.3) is 0 Å². The minimum atomic E-state index is -0.389. The number of methoxy groups -OCH3 is 1. The van der Waals surface area contributed by atoms with Crippen molar-refractivity contribution in [2.75, 3.05) is 7.11 Å². The normalized spacial score (nSPS) is 14.2. The van der Waals surface area contributed by atoms with Crippen molar-refractivity contribution < 1.29 is 13.9 Å². The third-order valence-electron chi connectivity index (χ3n) is 7.36. The number of aromatic nitrogens is 7. The molecule has 2 N–H and O–H groups in total. The maximum atomic E-state index is 14.3. The minimum Gasteiger partial charge on any atom is -0.497 e. The van der Waals surface area contributed by atoms with Crippen molar-refractivity contribution in [1.29, 1.82) is 0 Å². The predicted molar refractivity (Wildman–Crippen MR) is 149 cm³/mol. The smallest absolute Gasteiger partial charge is 0.181 e. The molecule has 1 saturated carbocycles. The fourth-order valence-electron chi connectivity index (χ4n) is 5.36. The lowest BCUT2D eigenvalue weighted by Crippen LogP contribution is -2.19. The Bertz CT molecular complexity index is 1840. The minimum absolute atomic E-state index is 0.243. The van der Waals surface area contributed by atoms with Gasteiger partial charge in [0.15, 0.2) is 17.1 Å². The quantitative estimate of drug-likeness (QED) is 0.251. The van der Waals surface area contributed by atoms with Crippen LogP contribution in [0.25, 0.3) is 56.0 Å². The second kappa shape index (κ2) is 10.0. The van der Waals surface area contributed by atoms with Crippen molar-refractivity contribution in [2.24, 2.45) is 0 Å². The van der Waals surface area contributed by atoms with Gasteiger partial charge in [-0.1, -0.05) is 6.42 Å². The molecule has 0 spiro atoms. The first-order valence-electron chi connectivity index (χ1n) is 13.3. The van der Waals surface area contributed by atoms with Crippen LogP contribution >= 0.6 is 0 Å². The molecule has 7 rings (SSSR count). The molecule has 0 atom stereocenters. The maximum absolute atomic E-state index is 14.3. The maximum Gasteiger partial charge on any atom is 0.181 e. The summed E-state index contributed by atoms with van der Waals surface area (Å²) >= 11 is 0. The van der Waals surface area contributed by atoms with Crippen LogP contribution in [0.1, 0.15) is 32.1 Å². The van der Waals surface area contributed by atoms with Crippen LogP contribution in [0.3, 0.4) is 0 Å².